The molecule has 0 atom stereocenters. The van der Waals surface area contributed by atoms with E-state index in [1.807, 2.05) is 0 Å². The molecule has 0 aromatic carbocycles. The van der Waals surface area contributed by atoms with Gasteiger partial charge in [0.1, 0.15) is 0 Å². The first-order chi connectivity index (χ1) is 9.21. The van der Waals surface area contributed by atoms with Gasteiger partial charge >= 0.3 is 0 Å². The van der Waals surface area contributed by atoms with E-state index in [0.717, 1.165) is 30.8 Å². The summed E-state index contributed by atoms with van der Waals surface area (Å²) < 4.78 is 0. The maximum absolute atomic E-state index is 12.3. The Bertz CT molecular complexity index is 343. The highest BCUT2D eigenvalue weighted by molar-refractivity contribution is 5.85. The van der Waals surface area contributed by atoms with Crippen LogP contribution in [0.1, 0.15) is 51.4 Å². The lowest BCUT2D eigenvalue weighted by Gasteiger charge is -2.57. The maximum atomic E-state index is 12.3. The molecule has 5 rings (SSSR count). The molecule has 4 heteroatoms. The van der Waals surface area contributed by atoms with Crippen LogP contribution in [0.3, 0.4) is 0 Å². The van der Waals surface area contributed by atoms with Gasteiger partial charge in [-0.05, 0) is 82.2 Å². The van der Waals surface area contributed by atoms with Crippen molar-refractivity contribution in [3.05, 3.63) is 0 Å². The third kappa shape index (κ3) is 2.71. The maximum Gasteiger partial charge on any atom is 0.234 e. The van der Waals surface area contributed by atoms with Gasteiger partial charge in [-0.25, -0.2) is 0 Å². The Morgan fingerprint density at radius 3 is 2.00 bits per heavy atom. The summed E-state index contributed by atoms with van der Waals surface area (Å²) >= 11 is 0. The molecule has 0 unspecified atom stereocenters. The largest absolute Gasteiger partial charge is 0.350 e. The van der Waals surface area contributed by atoms with Gasteiger partial charge in [-0.2, -0.15) is 0 Å². The van der Waals surface area contributed by atoms with E-state index in [1.54, 1.807) is 0 Å². The summed E-state index contributed by atoms with van der Waals surface area (Å²) in [6, 6.07) is 0. The van der Waals surface area contributed by atoms with Crippen molar-refractivity contribution in [3.63, 3.8) is 0 Å². The van der Waals surface area contributed by atoms with E-state index in [-0.39, 0.29) is 17.9 Å². The van der Waals surface area contributed by atoms with Gasteiger partial charge in [0, 0.05) is 5.54 Å². The molecule has 114 valence electrons. The Morgan fingerprint density at radius 2 is 1.50 bits per heavy atom. The van der Waals surface area contributed by atoms with Crippen molar-refractivity contribution in [2.45, 2.75) is 56.9 Å². The van der Waals surface area contributed by atoms with Crippen molar-refractivity contribution in [2.75, 3.05) is 19.6 Å². The Hall–Kier alpha value is -0.280. The third-order valence-electron chi connectivity index (χ3n) is 6.01. The molecular weight excluding hydrogens is 272 g/mol. The average Bonchev–Trinajstić information content (AvgIpc) is 2.78. The van der Waals surface area contributed by atoms with Gasteiger partial charge in [0.2, 0.25) is 5.91 Å². The van der Waals surface area contributed by atoms with Crippen LogP contribution in [-0.2, 0) is 4.79 Å². The molecule has 1 N–H and O–H groups in total. The number of nitrogens with one attached hydrogen (secondary N) is 1. The Labute approximate surface area is 128 Å². The fraction of sp³-hybridized carbons (Fsp3) is 0.938. The van der Waals surface area contributed by atoms with Gasteiger partial charge in [-0.3, -0.25) is 9.69 Å². The molecule has 1 aliphatic heterocycles. The zero-order chi connectivity index (χ0) is 12.9. The van der Waals surface area contributed by atoms with Crippen molar-refractivity contribution in [1.29, 1.82) is 0 Å². The van der Waals surface area contributed by atoms with Crippen LogP contribution in [0.4, 0.5) is 0 Å². The first-order valence-corrected chi connectivity index (χ1v) is 8.24. The molecule has 1 heterocycles. The van der Waals surface area contributed by atoms with Crippen LogP contribution >= 0.6 is 12.4 Å². The number of halogens is 1. The van der Waals surface area contributed by atoms with Crippen molar-refractivity contribution < 1.29 is 4.79 Å². The lowest BCUT2D eigenvalue weighted by molar-refractivity contribution is -0.127. The van der Waals surface area contributed by atoms with E-state index < -0.39 is 0 Å². The fourth-order valence-electron chi connectivity index (χ4n) is 5.74. The SMILES string of the molecule is Cl.O=C(CN1CCCC1)NC12CC3CC(CC(C3)C1)C2. The van der Waals surface area contributed by atoms with Crippen LogP contribution in [-0.4, -0.2) is 36.0 Å². The summed E-state index contributed by atoms with van der Waals surface area (Å²) in [5.74, 6) is 3.04. The number of nitrogens with zero attached hydrogens (tertiary/aromatic N) is 1. The monoisotopic (exact) mass is 298 g/mol. The second-order valence-electron chi connectivity index (χ2n) is 7.73. The van der Waals surface area contributed by atoms with Crippen LogP contribution in [0.15, 0.2) is 0 Å². The van der Waals surface area contributed by atoms with Gasteiger partial charge in [0.05, 0.1) is 6.54 Å². The predicted molar refractivity (Wildman–Crippen MR) is 82.0 cm³/mol. The van der Waals surface area contributed by atoms with Gasteiger partial charge in [0.15, 0.2) is 0 Å². The number of rotatable bonds is 3. The Kier molecular flexibility index (Phi) is 4.02. The molecule has 4 bridgehead atoms. The van der Waals surface area contributed by atoms with E-state index in [9.17, 15) is 4.79 Å². The molecular formula is C16H27ClN2O. The quantitative estimate of drug-likeness (QED) is 0.868. The predicted octanol–water partition coefficient (Wildman–Crippen LogP) is 2.59. The Balaban J connectivity index is 0.00000121. The summed E-state index contributed by atoms with van der Waals surface area (Å²) in [4.78, 5) is 14.6. The standard InChI is InChI=1S/C16H26N2O.ClH/c19-15(11-18-3-1-2-4-18)17-16-8-12-5-13(9-16)7-14(6-12)10-16;/h12-14H,1-11H2,(H,17,19);1H. The molecule has 5 aliphatic rings. The second kappa shape index (κ2) is 5.49. The molecule has 1 amide bonds. The normalized spacial score (nSPS) is 42.5. The molecule has 0 spiro atoms. The number of hydrogen-bond donors (Lipinski definition) is 1. The van der Waals surface area contributed by atoms with Gasteiger partial charge in [-0.1, -0.05) is 0 Å². The zero-order valence-electron chi connectivity index (χ0n) is 12.3. The van der Waals surface area contributed by atoms with E-state index in [2.05, 4.69) is 10.2 Å². The highest BCUT2D eigenvalue weighted by Gasteiger charge is 2.51. The van der Waals surface area contributed by atoms with Crippen molar-refractivity contribution >= 4 is 18.3 Å². The number of hydrogen-bond acceptors (Lipinski definition) is 2. The molecule has 4 saturated carbocycles. The van der Waals surface area contributed by atoms with Crippen molar-refractivity contribution in [2.24, 2.45) is 17.8 Å². The molecule has 20 heavy (non-hydrogen) atoms. The molecule has 3 nitrogen and oxygen atoms in total. The fourth-order valence-corrected chi connectivity index (χ4v) is 5.74. The van der Waals surface area contributed by atoms with E-state index in [0.29, 0.717) is 12.5 Å². The molecule has 0 aromatic heterocycles. The van der Waals surface area contributed by atoms with Crippen LogP contribution in [0.5, 0.6) is 0 Å². The van der Waals surface area contributed by atoms with Crippen LogP contribution in [0, 0.1) is 17.8 Å². The topological polar surface area (TPSA) is 32.3 Å². The molecule has 4 aliphatic carbocycles. The lowest BCUT2D eigenvalue weighted by Crippen LogP contribution is -2.60. The van der Waals surface area contributed by atoms with Gasteiger partial charge in [0.25, 0.3) is 0 Å². The minimum absolute atomic E-state index is 0. The minimum atomic E-state index is 0. The number of carbonyl (C=O) groups excluding carboxylic acids is 1. The molecule has 0 aromatic rings. The first kappa shape index (κ1) is 14.6. The molecule has 5 fully saturated rings. The summed E-state index contributed by atoms with van der Waals surface area (Å²) in [6.07, 6.45) is 10.7. The van der Waals surface area contributed by atoms with Crippen molar-refractivity contribution in [1.82, 2.24) is 10.2 Å². The van der Waals surface area contributed by atoms with Gasteiger partial charge < -0.3 is 5.32 Å². The number of likely N-dealkylation sites (tertiary alicyclic amines) is 1. The third-order valence-corrected chi connectivity index (χ3v) is 6.01. The molecule has 0 radical (unpaired) electrons. The highest BCUT2D eigenvalue weighted by atomic mass is 35.5. The summed E-state index contributed by atoms with van der Waals surface area (Å²) in [6.45, 7) is 2.88. The smallest absolute Gasteiger partial charge is 0.234 e. The number of amides is 1. The first-order valence-electron chi connectivity index (χ1n) is 8.24. The number of carbonyl (C=O) groups is 1. The van der Waals surface area contributed by atoms with Crippen LogP contribution in [0.25, 0.3) is 0 Å². The average molecular weight is 299 g/mol. The zero-order valence-corrected chi connectivity index (χ0v) is 13.1. The minimum Gasteiger partial charge on any atom is -0.350 e. The van der Waals surface area contributed by atoms with Crippen LogP contribution < -0.4 is 5.32 Å². The lowest BCUT2D eigenvalue weighted by atomic mass is 9.53. The van der Waals surface area contributed by atoms with Crippen LogP contribution in [0.2, 0.25) is 0 Å². The van der Waals surface area contributed by atoms with E-state index >= 15 is 0 Å². The van der Waals surface area contributed by atoms with E-state index in [1.165, 1.54) is 51.4 Å². The highest BCUT2D eigenvalue weighted by Crippen LogP contribution is 2.55. The van der Waals surface area contributed by atoms with Crippen molar-refractivity contribution in [3.8, 4) is 0 Å². The van der Waals surface area contributed by atoms with Gasteiger partial charge in [-0.15, -0.1) is 12.4 Å². The second-order valence-corrected chi connectivity index (χ2v) is 7.73. The Morgan fingerprint density at radius 1 is 1.00 bits per heavy atom. The summed E-state index contributed by atoms with van der Waals surface area (Å²) in [5.41, 5.74) is 0.200. The molecule has 1 saturated heterocycles. The van der Waals surface area contributed by atoms with E-state index in [4.69, 9.17) is 0 Å². The summed E-state index contributed by atoms with van der Waals surface area (Å²) in [5, 5.41) is 3.47. The summed E-state index contributed by atoms with van der Waals surface area (Å²) in [7, 11) is 0.